The number of nitrogens with one attached hydrogen (secondary N) is 1. The first kappa shape index (κ1) is 15.8. The van der Waals surface area contributed by atoms with Crippen LogP contribution in [0.2, 0.25) is 0 Å². The number of benzene rings is 1. The van der Waals surface area contributed by atoms with Gasteiger partial charge in [0, 0.05) is 18.0 Å². The number of nitrogens with zero attached hydrogens (tertiary/aromatic N) is 1. The highest BCUT2D eigenvalue weighted by molar-refractivity contribution is 7.80. The Morgan fingerprint density at radius 1 is 1.38 bits per heavy atom. The number of rotatable bonds is 3. The first-order valence-corrected chi connectivity index (χ1v) is 9.03. The molecule has 2 fully saturated rings. The molecule has 5 heteroatoms. The summed E-state index contributed by atoms with van der Waals surface area (Å²) in [6, 6.07) is 9.17. The lowest BCUT2D eigenvalue weighted by Gasteiger charge is -2.27. The zero-order valence-corrected chi connectivity index (χ0v) is 14.6. The zero-order chi connectivity index (χ0) is 16.8. The van der Waals surface area contributed by atoms with Crippen LogP contribution >= 0.6 is 12.2 Å². The van der Waals surface area contributed by atoms with Crippen molar-refractivity contribution >= 4 is 23.2 Å². The topological polar surface area (TPSA) is 41.6 Å². The van der Waals surface area contributed by atoms with E-state index in [9.17, 15) is 4.79 Å². The van der Waals surface area contributed by atoms with Crippen molar-refractivity contribution in [2.24, 2.45) is 5.92 Å². The molecule has 1 amide bonds. The van der Waals surface area contributed by atoms with E-state index in [0.29, 0.717) is 16.6 Å². The van der Waals surface area contributed by atoms with E-state index in [1.54, 1.807) is 12.1 Å². The maximum atomic E-state index is 12.3. The van der Waals surface area contributed by atoms with Crippen molar-refractivity contribution in [2.75, 3.05) is 13.1 Å². The fraction of sp³-hybridized carbons (Fsp3) is 0.474. The standard InChI is InChI=1S/C19H22N2O2S/c1-2-8-18-9-10-19(23-18)13-21(12-15(19)11-18)17(24)20-16(22)14-6-4-3-5-7-14/h3-7,9-10,15H,2,8,11-13H2,1H3,(H,20,22,24). The van der Waals surface area contributed by atoms with Gasteiger partial charge in [-0.3, -0.25) is 10.1 Å². The van der Waals surface area contributed by atoms with Gasteiger partial charge in [-0.15, -0.1) is 0 Å². The van der Waals surface area contributed by atoms with Crippen LogP contribution in [0.4, 0.5) is 0 Å². The number of likely N-dealkylation sites (tertiary alicyclic amines) is 1. The van der Waals surface area contributed by atoms with Gasteiger partial charge in [0.25, 0.3) is 5.91 Å². The second kappa shape index (κ2) is 5.67. The molecular formula is C19H22N2O2S. The molecule has 3 atom stereocenters. The molecule has 1 N–H and O–H groups in total. The summed E-state index contributed by atoms with van der Waals surface area (Å²) in [5.74, 6) is 0.305. The van der Waals surface area contributed by atoms with Gasteiger partial charge < -0.3 is 9.64 Å². The lowest BCUT2D eigenvalue weighted by Crippen LogP contribution is -2.44. The minimum atomic E-state index is -0.212. The second-order valence-electron chi connectivity index (χ2n) is 7.11. The van der Waals surface area contributed by atoms with Crippen LogP contribution in [0.1, 0.15) is 36.5 Å². The Hall–Kier alpha value is -1.72. The minimum absolute atomic E-state index is 0.0551. The summed E-state index contributed by atoms with van der Waals surface area (Å²) in [4.78, 5) is 14.4. The van der Waals surface area contributed by atoms with Crippen LogP contribution < -0.4 is 5.32 Å². The number of amides is 1. The number of carbonyl (C=O) groups is 1. The second-order valence-corrected chi connectivity index (χ2v) is 7.50. The quantitative estimate of drug-likeness (QED) is 0.677. The monoisotopic (exact) mass is 342 g/mol. The van der Waals surface area contributed by atoms with E-state index >= 15 is 0 Å². The first-order valence-electron chi connectivity index (χ1n) is 8.62. The lowest BCUT2D eigenvalue weighted by molar-refractivity contribution is -0.0374. The van der Waals surface area contributed by atoms with Crippen molar-refractivity contribution in [1.82, 2.24) is 10.2 Å². The van der Waals surface area contributed by atoms with Crippen LogP contribution in [-0.2, 0) is 4.74 Å². The fourth-order valence-corrected chi connectivity index (χ4v) is 4.60. The van der Waals surface area contributed by atoms with E-state index in [4.69, 9.17) is 17.0 Å². The van der Waals surface area contributed by atoms with Crippen molar-refractivity contribution in [1.29, 1.82) is 0 Å². The molecule has 1 aromatic carbocycles. The molecule has 3 heterocycles. The van der Waals surface area contributed by atoms with Gasteiger partial charge >= 0.3 is 0 Å². The summed E-state index contributed by atoms with van der Waals surface area (Å²) >= 11 is 5.47. The van der Waals surface area contributed by atoms with Crippen molar-refractivity contribution in [3.05, 3.63) is 48.0 Å². The highest BCUT2D eigenvalue weighted by atomic mass is 32.1. The van der Waals surface area contributed by atoms with Gasteiger partial charge in [-0.2, -0.15) is 0 Å². The van der Waals surface area contributed by atoms with Crippen LogP contribution in [0.5, 0.6) is 0 Å². The van der Waals surface area contributed by atoms with E-state index in [1.807, 2.05) is 18.2 Å². The van der Waals surface area contributed by atoms with Gasteiger partial charge in [0.15, 0.2) is 5.11 Å². The number of carbonyl (C=O) groups excluding carboxylic acids is 1. The molecule has 1 aromatic rings. The SMILES string of the molecule is CCCC12C=CC3(CN(C(=S)NC(=O)c4ccccc4)CC3C1)O2. The van der Waals surface area contributed by atoms with Gasteiger partial charge in [0.2, 0.25) is 0 Å². The number of ether oxygens (including phenoxy) is 1. The third-order valence-corrected chi connectivity index (χ3v) is 5.80. The van der Waals surface area contributed by atoms with E-state index in [0.717, 1.165) is 32.4 Å². The van der Waals surface area contributed by atoms with Crippen molar-refractivity contribution in [2.45, 2.75) is 37.4 Å². The molecule has 0 radical (unpaired) electrons. The average molecular weight is 342 g/mol. The van der Waals surface area contributed by atoms with Gasteiger partial charge in [-0.05, 0) is 37.2 Å². The van der Waals surface area contributed by atoms with Crippen LogP contribution in [0.15, 0.2) is 42.5 Å². The molecule has 0 aliphatic carbocycles. The van der Waals surface area contributed by atoms with E-state index in [-0.39, 0.29) is 17.1 Å². The van der Waals surface area contributed by atoms with Crippen molar-refractivity contribution in [3.8, 4) is 0 Å². The molecule has 126 valence electrons. The molecule has 4 rings (SSSR count). The lowest BCUT2D eigenvalue weighted by atomic mass is 9.80. The summed E-state index contributed by atoms with van der Waals surface area (Å²) in [6.07, 6.45) is 7.75. The molecule has 1 spiro atoms. The zero-order valence-electron chi connectivity index (χ0n) is 13.8. The number of hydrogen-bond acceptors (Lipinski definition) is 3. The summed E-state index contributed by atoms with van der Waals surface area (Å²) in [5.41, 5.74) is 0.355. The highest BCUT2D eigenvalue weighted by Crippen LogP contribution is 2.54. The fourth-order valence-electron chi connectivity index (χ4n) is 4.37. The molecule has 0 saturated carbocycles. The third kappa shape index (κ3) is 2.47. The Labute approximate surface area is 147 Å². The van der Waals surface area contributed by atoms with E-state index in [1.165, 1.54) is 0 Å². The van der Waals surface area contributed by atoms with Crippen molar-refractivity contribution < 1.29 is 9.53 Å². The summed E-state index contributed by atoms with van der Waals surface area (Å²) < 4.78 is 6.46. The third-order valence-electron chi connectivity index (χ3n) is 5.44. The Bertz CT molecular complexity index is 705. The predicted molar refractivity (Wildman–Crippen MR) is 96.8 cm³/mol. The first-order chi connectivity index (χ1) is 11.6. The number of fused-ring (bicyclic) bond motifs is 1. The Morgan fingerprint density at radius 3 is 2.88 bits per heavy atom. The van der Waals surface area contributed by atoms with Crippen LogP contribution in [-0.4, -0.2) is 40.2 Å². The molecule has 3 aliphatic rings. The summed E-state index contributed by atoms with van der Waals surface area (Å²) in [7, 11) is 0. The summed E-state index contributed by atoms with van der Waals surface area (Å²) in [6.45, 7) is 3.78. The van der Waals surface area contributed by atoms with Gasteiger partial charge in [-0.25, -0.2) is 0 Å². The minimum Gasteiger partial charge on any atom is -0.358 e. The number of hydrogen-bond donors (Lipinski definition) is 1. The smallest absolute Gasteiger partial charge is 0.257 e. The Kier molecular flexibility index (Phi) is 3.73. The molecule has 2 bridgehead atoms. The van der Waals surface area contributed by atoms with Gasteiger partial charge in [-0.1, -0.05) is 43.7 Å². The molecular weight excluding hydrogens is 320 g/mol. The molecule has 2 saturated heterocycles. The maximum Gasteiger partial charge on any atom is 0.257 e. The van der Waals surface area contributed by atoms with Gasteiger partial charge in [0.05, 0.1) is 12.1 Å². The van der Waals surface area contributed by atoms with E-state index in [2.05, 4.69) is 29.3 Å². The van der Waals surface area contributed by atoms with Crippen LogP contribution in [0, 0.1) is 5.92 Å². The molecule has 3 aliphatic heterocycles. The predicted octanol–water partition coefficient (Wildman–Crippen LogP) is 2.90. The van der Waals surface area contributed by atoms with Crippen LogP contribution in [0.25, 0.3) is 0 Å². The van der Waals surface area contributed by atoms with Crippen LogP contribution in [0.3, 0.4) is 0 Å². The van der Waals surface area contributed by atoms with Gasteiger partial charge in [0.1, 0.15) is 5.60 Å². The molecule has 3 unspecified atom stereocenters. The normalized spacial score (nSPS) is 32.9. The molecule has 24 heavy (non-hydrogen) atoms. The molecule has 0 aromatic heterocycles. The van der Waals surface area contributed by atoms with E-state index < -0.39 is 0 Å². The van der Waals surface area contributed by atoms with Crippen molar-refractivity contribution in [3.63, 3.8) is 0 Å². The highest BCUT2D eigenvalue weighted by Gasteiger charge is 2.61. The molecule has 4 nitrogen and oxygen atoms in total. The maximum absolute atomic E-state index is 12.3. The Balaban J connectivity index is 1.41. The average Bonchev–Trinajstić information content (AvgIpc) is 3.20. The number of thiocarbonyl (C=S) groups is 1. The summed E-state index contributed by atoms with van der Waals surface area (Å²) in [5, 5.41) is 3.35. The largest absolute Gasteiger partial charge is 0.358 e. The Morgan fingerprint density at radius 2 is 2.17 bits per heavy atom.